The molecule has 1 fully saturated rings. The van der Waals surface area contributed by atoms with E-state index in [4.69, 9.17) is 5.73 Å². The van der Waals surface area contributed by atoms with Gasteiger partial charge in [-0.1, -0.05) is 6.42 Å². The van der Waals surface area contributed by atoms with E-state index in [2.05, 4.69) is 17.3 Å². The summed E-state index contributed by atoms with van der Waals surface area (Å²) in [5.41, 5.74) is 7.12. The molecule has 1 aromatic heterocycles. The Morgan fingerprint density at radius 1 is 1.57 bits per heavy atom. The smallest absolute Gasteiger partial charge is 0.0930 e. The molecule has 0 bridgehead atoms. The summed E-state index contributed by atoms with van der Waals surface area (Å²) in [5, 5.41) is 3.43. The Kier molecular flexibility index (Phi) is 3.19. The van der Waals surface area contributed by atoms with Gasteiger partial charge in [-0.15, -0.1) is 11.3 Å². The van der Waals surface area contributed by atoms with Crippen LogP contribution in [0.3, 0.4) is 0 Å². The number of thiazole rings is 1. The van der Waals surface area contributed by atoms with Crippen LogP contribution in [0.5, 0.6) is 0 Å². The van der Waals surface area contributed by atoms with Gasteiger partial charge < -0.3 is 5.73 Å². The van der Waals surface area contributed by atoms with Crippen molar-refractivity contribution in [1.29, 1.82) is 0 Å². The first-order chi connectivity index (χ1) is 6.74. The van der Waals surface area contributed by atoms with Crippen LogP contribution in [-0.2, 0) is 6.42 Å². The normalized spacial score (nSPS) is 27.9. The molecule has 2 nitrogen and oxygen atoms in total. The SMILES string of the molecule is Cc1csc(CC2CCCC(N)C2)n1. The molecule has 1 saturated carbocycles. The molecular weight excluding hydrogens is 192 g/mol. The maximum Gasteiger partial charge on any atom is 0.0930 e. The maximum atomic E-state index is 5.97. The quantitative estimate of drug-likeness (QED) is 0.814. The molecule has 0 aliphatic heterocycles. The second kappa shape index (κ2) is 4.41. The zero-order valence-electron chi connectivity index (χ0n) is 8.70. The van der Waals surface area contributed by atoms with E-state index in [1.165, 1.54) is 30.7 Å². The Morgan fingerprint density at radius 3 is 3.07 bits per heavy atom. The van der Waals surface area contributed by atoms with Gasteiger partial charge >= 0.3 is 0 Å². The standard InChI is InChI=1S/C11H18N2S/c1-8-7-14-11(13-8)6-9-3-2-4-10(12)5-9/h7,9-10H,2-6,12H2,1H3. The van der Waals surface area contributed by atoms with Crippen LogP contribution in [0, 0.1) is 12.8 Å². The third-order valence-corrected chi connectivity index (χ3v) is 3.94. The zero-order chi connectivity index (χ0) is 9.97. The van der Waals surface area contributed by atoms with Gasteiger partial charge in [0.2, 0.25) is 0 Å². The van der Waals surface area contributed by atoms with Gasteiger partial charge in [-0.25, -0.2) is 4.98 Å². The van der Waals surface area contributed by atoms with Crippen LogP contribution in [0.1, 0.15) is 36.4 Å². The molecule has 2 unspecified atom stereocenters. The van der Waals surface area contributed by atoms with Crippen molar-refractivity contribution in [2.24, 2.45) is 11.7 Å². The van der Waals surface area contributed by atoms with Crippen molar-refractivity contribution in [2.75, 3.05) is 0 Å². The average molecular weight is 210 g/mol. The van der Waals surface area contributed by atoms with E-state index in [1.807, 2.05) is 0 Å². The van der Waals surface area contributed by atoms with E-state index >= 15 is 0 Å². The van der Waals surface area contributed by atoms with Gasteiger partial charge in [0.1, 0.15) is 0 Å². The van der Waals surface area contributed by atoms with Crippen LogP contribution in [-0.4, -0.2) is 11.0 Å². The molecule has 78 valence electrons. The van der Waals surface area contributed by atoms with Gasteiger partial charge in [0.25, 0.3) is 0 Å². The zero-order valence-corrected chi connectivity index (χ0v) is 9.52. The molecule has 0 aromatic carbocycles. The van der Waals surface area contributed by atoms with E-state index < -0.39 is 0 Å². The van der Waals surface area contributed by atoms with Crippen molar-refractivity contribution < 1.29 is 0 Å². The summed E-state index contributed by atoms with van der Waals surface area (Å²) in [7, 11) is 0. The molecule has 0 amide bonds. The summed E-state index contributed by atoms with van der Waals surface area (Å²) in [6.07, 6.45) is 6.20. The highest BCUT2D eigenvalue weighted by atomic mass is 32.1. The Hall–Kier alpha value is -0.410. The first-order valence-corrected chi connectivity index (χ1v) is 6.28. The molecule has 1 heterocycles. The lowest BCUT2D eigenvalue weighted by Crippen LogP contribution is -2.28. The van der Waals surface area contributed by atoms with Crippen molar-refractivity contribution in [3.8, 4) is 0 Å². The lowest BCUT2D eigenvalue weighted by atomic mass is 9.84. The average Bonchev–Trinajstić information content (AvgIpc) is 2.51. The molecule has 1 aromatic rings. The number of rotatable bonds is 2. The Labute approximate surface area is 89.5 Å². The van der Waals surface area contributed by atoms with Crippen molar-refractivity contribution in [1.82, 2.24) is 4.98 Å². The number of nitrogens with two attached hydrogens (primary N) is 1. The first kappa shape index (κ1) is 10.1. The topological polar surface area (TPSA) is 38.9 Å². The predicted octanol–water partition coefficient (Wildman–Crippen LogP) is 2.51. The maximum absolute atomic E-state index is 5.97. The van der Waals surface area contributed by atoms with Gasteiger partial charge in [-0.3, -0.25) is 0 Å². The molecule has 2 rings (SSSR count). The fraction of sp³-hybridized carbons (Fsp3) is 0.727. The minimum Gasteiger partial charge on any atom is -0.328 e. The molecule has 3 heteroatoms. The number of nitrogens with zero attached hydrogens (tertiary/aromatic N) is 1. The molecule has 14 heavy (non-hydrogen) atoms. The minimum atomic E-state index is 0.440. The van der Waals surface area contributed by atoms with Crippen LogP contribution < -0.4 is 5.73 Å². The lowest BCUT2D eigenvalue weighted by Gasteiger charge is -2.25. The summed E-state index contributed by atoms with van der Waals surface area (Å²) in [6, 6.07) is 0.440. The molecule has 0 spiro atoms. The van der Waals surface area contributed by atoms with Crippen molar-refractivity contribution >= 4 is 11.3 Å². The largest absolute Gasteiger partial charge is 0.328 e. The Morgan fingerprint density at radius 2 is 2.43 bits per heavy atom. The van der Waals surface area contributed by atoms with E-state index in [9.17, 15) is 0 Å². The van der Waals surface area contributed by atoms with Gasteiger partial charge in [-0.05, 0) is 32.1 Å². The highest BCUT2D eigenvalue weighted by Gasteiger charge is 2.20. The van der Waals surface area contributed by atoms with Gasteiger partial charge in [-0.2, -0.15) is 0 Å². The number of hydrogen-bond donors (Lipinski definition) is 1. The van der Waals surface area contributed by atoms with Gasteiger partial charge in [0, 0.05) is 23.5 Å². The summed E-state index contributed by atoms with van der Waals surface area (Å²) < 4.78 is 0. The van der Waals surface area contributed by atoms with Crippen LogP contribution >= 0.6 is 11.3 Å². The summed E-state index contributed by atoms with van der Waals surface area (Å²) in [4.78, 5) is 4.51. The number of hydrogen-bond acceptors (Lipinski definition) is 3. The highest BCUT2D eigenvalue weighted by molar-refractivity contribution is 7.09. The lowest BCUT2D eigenvalue weighted by molar-refractivity contribution is 0.320. The van der Waals surface area contributed by atoms with Crippen LogP contribution in [0.4, 0.5) is 0 Å². The minimum absolute atomic E-state index is 0.440. The second-order valence-electron chi connectivity index (χ2n) is 4.38. The first-order valence-electron chi connectivity index (χ1n) is 5.40. The molecule has 0 radical (unpaired) electrons. The number of aryl methyl sites for hydroxylation is 1. The third kappa shape index (κ3) is 2.55. The van der Waals surface area contributed by atoms with Crippen molar-refractivity contribution in [3.63, 3.8) is 0 Å². The molecular formula is C11H18N2S. The van der Waals surface area contributed by atoms with E-state index in [-0.39, 0.29) is 0 Å². The van der Waals surface area contributed by atoms with E-state index in [1.54, 1.807) is 11.3 Å². The van der Waals surface area contributed by atoms with Crippen molar-refractivity contribution in [3.05, 3.63) is 16.1 Å². The predicted molar refractivity (Wildman–Crippen MR) is 60.5 cm³/mol. The van der Waals surface area contributed by atoms with E-state index in [0.717, 1.165) is 18.0 Å². The molecule has 0 saturated heterocycles. The number of aromatic nitrogens is 1. The molecule has 1 aliphatic carbocycles. The molecule has 2 N–H and O–H groups in total. The van der Waals surface area contributed by atoms with Crippen molar-refractivity contribution in [2.45, 2.75) is 45.1 Å². The van der Waals surface area contributed by atoms with Crippen LogP contribution in [0.15, 0.2) is 5.38 Å². The summed E-state index contributed by atoms with van der Waals surface area (Å²) in [6.45, 7) is 2.06. The molecule has 1 aliphatic rings. The molecule has 2 atom stereocenters. The van der Waals surface area contributed by atoms with Crippen LogP contribution in [0.2, 0.25) is 0 Å². The Balaban J connectivity index is 1.90. The van der Waals surface area contributed by atoms with Gasteiger partial charge in [0.05, 0.1) is 5.01 Å². The second-order valence-corrected chi connectivity index (χ2v) is 5.32. The highest BCUT2D eigenvalue weighted by Crippen LogP contribution is 2.27. The van der Waals surface area contributed by atoms with Gasteiger partial charge in [0.15, 0.2) is 0 Å². The third-order valence-electron chi connectivity index (χ3n) is 2.95. The van der Waals surface area contributed by atoms with Crippen LogP contribution in [0.25, 0.3) is 0 Å². The Bertz CT molecular complexity index is 295. The van der Waals surface area contributed by atoms with E-state index in [0.29, 0.717) is 6.04 Å². The monoisotopic (exact) mass is 210 g/mol. The fourth-order valence-corrected chi connectivity index (χ4v) is 3.15. The fourth-order valence-electron chi connectivity index (χ4n) is 2.26. The summed E-state index contributed by atoms with van der Waals surface area (Å²) >= 11 is 1.79. The summed E-state index contributed by atoms with van der Waals surface area (Å²) in [5.74, 6) is 0.782.